The number of nitrogens with zero attached hydrogens (tertiary/aromatic N) is 2. The lowest BCUT2D eigenvalue weighted by Gasteiger charge is -2.06. The molecular weight excluding hydrogens is 467 g/mol. The molecule has 4 nitrogen and oxygen atoms in total. The van der Waals surface area contributed by atoms with Crippen LogP contribution in [-0.2, 0) is 16.1 Å². The van der Waals surface area contributed by atoms with Crippen LogP contribution in [-0.4, -0.2) is 13.0 Å². The van der Waals surface area contributed by atoms with E-state index in [1.807, 2.05) is 47.3 Å². The first-order chi connectivity index (χ1) is 11.4. The standard InChI is InChI=1S/C16H12Cl2N2O2S2.BrH/c1-20-14(10-23-16(20)19-12-5-3-2-4-6-12)11-7-8-13(17)15(9-11)24(18,21)22;/h2-10H,1H3;1H/b19-16+;. The van der Waals surface area contributed by atoms with E-state index in [9.17, 15) is 8.42 Å². The Kier molecular flexibility index (Phi) is 6.51. The molecule has 1 aromatic heterocycles. The van der Waals surface area contributed by atoms with E-state index >= 15 is 0 Å². The van der Waals surface area contributed by atoms with Crippen LogP contribution in [0.3, 0.4) is 0 Å². The van der Waals surface area contributed by atoms with Gasteiger partial charge in [0.1, 0.15) is 4.90 Å². The first kappa shape index (κ1) is 20.2. The second kappa shape index (κ2) is 8.05. The lowest BCUT2D eigenvalue weighted by Crippen LogP contribution is -2.10. The third-order valence-corrected chi connectivity index (χ3v) is 6.12. The summed E-state index contributed by atoms with van der Waals surface area (Å²) in [7, 11) is 3.41. The Labute approximate surface area is 169 Å². The number of benzene rings is 2. The summed E-state index contributed by atoms with van der Waals surface area (Å²) in [6, 6.07) is 14.4. The molecule has 9 heteroatoms. The first-order valence-corrected chi connectivity index (χ1v) is 10.4. The van der Waals surface area contributed by atoms with E-state index in [0.29, 0.717) is 5.56 Å². The third-order valence-electron chi connectivity index (χ3n) is 3.39. The number of thiazole rings is 1. The molecule has 132 valence electrons. The highest BCUT2D eigenvalue weighted by atomic mass is 79.9. The average Bonchev–Trinajstić information content (AvgIpc) is 2.89. The number of para-hydroxylation sites is 1. The quantitative estimate of drug-likeness (QED) is 0.488. The van der Waals surface area contributed by atoms with Crippen LogP contribution in [0.2, 0.25) is 5.02 Å². The van der Waals surface area contributed by atoms with E-state index in [1.165, 1.54) is 23.5 Å². The van der Waals surface area contributed by atoms with Gasteiger partial charge < -0.3 is 4.57 Å². The van der Waals surface area contributed by atoms with Crippen molar-refractivity contribution in [3.8, 4) is 11.3 Å². The zero-order chi connectivity index (χ0) is 17.3. The molecule has 0 aliphatic heterocycles. The minimum Gasteiger partial charge on any atom is -0.320 e. The molecule has 0 unspecified atom stereocenters. The predicted octanol–water partition coefficient (Wildman–Crippen LogP) is 5.14. The molecule has 0 bridgehead atoms. The lowest BCUT2D eigenvalue weighted by atomic mass is 10.2. The summed E-state index contributed by atoms with van der Waals surface area (Å²) in [6.45, 7) is 0. The van der Waals surface area contributed by atoms with Crippen molar-refractivity contribution in [1.82, 2.24) is 4.57 Å². The van der Waals surface area contributed by atoms with Gasteiger partial charge in [-0.25, -0.2) is 13.4 Å². The molecule has 0 fully saturated rings. The van der Waals surface area contributed by atoms with Crippen LogP contribution in [0.15, 0.2) is 63.8 Å². The Morgan fingerprint density at radius 3 is 2.44 bits per heavy atom. The molecule has 0 spiro atoms. The Balaban J connectivity index is 0.00000225. The average molecular weight is 480 g/mol. The van der Waals surface area contributed by atoms with Crippen molar-refractivity contribution >= 4 is 65.3 Å². The van der Waals surface area contributed by atoms with Gasteiger partial charge in [-0.1, -0.05) is 35.9 Å². The van der Waals surface area contributed by atoms with Gasteiger partial charge in [0.15, 0.2) is 4.80 Å². The van der Waals surface area contributed by atoms with Gasteiger partial charge in [-0.2, -0.15) is 0 Å². The molecule has 3 aromatic rings. The van der Waals surface area contributed by atoms with E-state index in [0.717, 1.165) is 16.2 Å². The number of halogens is 3. The van der Waals surface area contributed by atoms with E-state index < -0.39 is 9.05 Å². The van der Waals surface area contributed by atoms with Crippen LogP contribution in [0.25, 0.3) is 11.3 Å². The molecule has 0 saturated heterocycles. The topological polar surface area (TPSA) is 51.4 Å². The Morgan fingerprint density at radius 1 is 1.12 bits per heavy atom. The van der Waals surface area contributed by atoms with Crippen molar-refractivity contribution in [2.75, 3.05) is 0 Å². The normalized spacial score (nSPS) is 12.0. The zero-order valence-corrected chi connectivity index (χ0v) is 17.7. The Hall–Kier alpha value is -1.12. The summed E-state index contributed by atoms with van der Waals surface area (Å²) >= 11 is 7.40. The van der Waals surface area contributed by atoms with Gasteiger partial charge in [0, 0.05) is 28.7 Å². The van der Waals surface area contributed by atoms with Gasteiger partial charge in [-0.15, -0.1) is 28.3 Å². The maximum absolute atomic E-state index is 11.6. The van der Waals surface area contributed by atoms with Crippen LogP contribution in [0, 0.1) is 0 Å². The molecule has 3 rings (SSSR count). The second-order valence-corrected chi connectivity index (χ2v) is 8.77. The number of hydrogen-bond donors (Lipinski definition) is 0. The molecule has 0 atom stereocenters. The summed E-state index contributed by atoms with van der Waals surface area (Å²) < 4.78 is 25.1. The van der Waals surface area contributed by atoms with Crippen molar-refractivity contribution in [3.63, 3.8) is 0 Å². The van der Waals surface area contributed by atoms with Crippen molar-refractivity contribution < 1.29 is 8.42 Å². The molecular formula is C16H13BrCl2N2O2S2. The molecule has 0 radical (unpaired) electrons. The van der Waals surface area contributed by atoms with E-state index in [2.05, 4.69) is 4.99 Å². The molecule has 25 heavy (non-hydrogen) atoms. The van der Waals surface area contributed by atoms with E-state index in [4.69, 9.17) is 22.3 Å². The Bertz CT molecular complexity index is 1060. The predicted molar refractivity (Wildman–Crippen MR) is 109 cm³/mol. The van der Waals surface area contributed by atoms with Crippen LogP contribution < -0.4 is 4.80 Å². The molecule has 0 amide bonds. The van der Waals surface area contributed by atoms with Gasteiger partial charge in [0.25, 0.3) is 9.05 Å². The molecule has 0 saturated carbocycles. The molecule has 1 heterocycles. The monoisotopic (exact) mass is 478 g/mol. The van der Waals surface area contributed by atoms with Crippen LogP contribution in [0.1, 0.15) is 0 Å². The highest BCUT2D eigenvalue weighted by Crippen LogP contribution is 2.30. The van der Waals surface area contributed by atoms with Crippen LogP contribution in [0.4, 0.5) is 5.69 Å². The SMILES string of the molecule is Br.Cn1c(-c2ccc(Cl)c(S(=O)(=O)Cl)c2)cs/c1=N/c1ccccc1. The minimum atomic E-state index is -3.91. The lowest BCUT2D eigenvalue weighted by molar-refractivity contribution is 0.609. The number of rotatable bonds is 3. The summed E-state index contributed by atoms with van der Waals surface area (Å²) in [5, 5.41) is 2.01. The van der Waals surface area contributed by atoms with Crippen molar-refractivity contribution in [2.45, 2.75) is 4.90 Å². The van der Waals surface area contributed by atoms with Gasteiger partial charge in [0.05, 0.1) is 16.4 Å². The van der Waals surface area contributed by atoms with Crippen LogP contribution in [0.5, 0.6) is 0 Å². The fourth-order valence-electron chi connectivity index (χ4n) is 2.20. The smallest absolute Gasteiger partial charge is 0.262 e. The summed E-state index contributed by atoms with van der Waals surface area (Å²) in [5.41, 5.74) is 2.38. The van der Waals surface area contributed by atoms with Gasteiger partial charge in [0.2, 0.25) is 0 Å². The van der Waals surface area contributed by atoms with Crippen LogP contribution >= 0.6 is 50.6 Å². The summed E-state index contributed by atoms with van der Waals surface area (Å²) in [5.74, 6) is 0. The minimum absolute atomic E-state index is 0. The number of hydrogen-bond acceptors (Lipinski definition) is 4. The highest BCUT2D eigenvalue weighted by Gasteiger charge is 2.17. The van der Waals surface area contributed by atoms with E-state index in [1.54, 1.807) is 6.07 Å². The second-order valence-electron chi connectivity index (χ2n) is 4.99. The third kappa shape index (κ3) is 4.54. The first-order valence-electron chi connectivity index (χ1n) is 6.85. The van der Waals surface area contributed by atoms with Crippen molar-refractivity contribution in [3.05, 3.63) is 63.7 Å². The molecule has 0 N–H and O–H groups in total. The molecule has 0 aliphatic carbocycles. The van der Waals surface area contributed by atoms with Crippen molar-refractivity contribution in [2.24, 2.45) is 12.0 Å². The summed E-state index contributed by atoms with van der Waals surface area (Å²) in [6.07, 6.45) is 0. The maximum Gasteiger partial charge on any atom is 0.262 e. The van der Waals surface area contributed by atoms with Gasteiger partial charge in [-0.05, 0) is 24.3 Å². The van der Waals surface area contributed by atoms with E-state index in [-0.39, 0.29) is 26.9 Å². The molecule has 0 aliphatic rings. The maximum atomic E-state index is 11.6. The fourth-order valence-corrected chi connectivity index (χ4v) is 4.61. The zero-order valence-electron chi connectivity index (χ0n) is 12.9. The van der Waals surface area contributed by atoms with Gasteiger partial charge in [-0.3, -0.25) is 0 Å². The Morgan fingerprint density at radius 2 is 1.80 bits per heavy atom. The highest BCUT2D eigenvalue weighted by molar-refractivity contribution is 8.93. The number of aromatic nitrogens is 1. The largest absolute Gasteiger partial charge is 0.320 e. The molecule has 2 aromatic carbocycles. The fraction of sp³-hybridized carbons (Fsp3) is 0.0625. The van der Waals surface area contributed by atoms with Gasteiger partial charge >= 0.3 is 0 Å². The summed E-state index contributed by atoms with van der Waals surface area (Å²) in [4.78, 5) is 5.28. The van der Waals surface area contributed by atoms with Crippen molar-refractivity contribution in [1.29, 1.82) is 0 Å².